The van der Waals surface area contributed by atoms with E-state index in [1.165, 1.54) is 26.4 Å². The van der Waals surface area contributed by atoms with Gasteiger partial charge in [-0.3, -0.25) is 4.79 Å². The molecule has 7 nitrogen and oxygen atoms in total. The first kappa shape index (κ1) is 24.6. The third kappa shape index (κ3) is 4.97. The number of fused-ring (bicyclic) bond motifs is 1. The molecule has 4 rings (SSSR count). The number of hydrogen-bond donors (Lipinski definition) is 2. The van der Waals surface area contributed by atoms with E-state index in [1.54, 1.807) is 25.2 Å². The van der Waals surface area contributed by atoms with Gasteiger partial charge in [0.05, 0.1) is 31.2 Å². The van der Waals surface area contributed by atoms with Crippen LogP contribution in [0.3, 0.4) is 0 Å². The molecule has 0 fully saturated rings. The zero-order chi connectivity index (χ0) is 25.2. The van der Waals surface area contributed by atoms with Gasteiger partial charge in [-0.25, -0.2) is 0 Å². The Morgan fingerprint density at radius 1 is 1.00 bits per heavy atom. The van der Waals surface area contributed by atoms with Crippen LogP contribution in [0.2, 0.25) is 0 Å². The monoisotopic (exact) mass is 488 g/mol. The molecule has 0 saturated heterocycles. The van der Waals surface area contributed by atoms with Crippen LogP contribution in [0.15, 0.2) is 41.2 Å². The number of likely N-dealkylation sites (N-methyl/N-ethyl adjacent to an activating group) is 1. The van der Waals surface area contributed by atoms with Gasteiger partial charge in [-0.1, -0.05) is 0 Å². The molecule has 3 aromatic rings. The van der Waals surface area contributed by atoms with Gasteiger partial charge in [0.1, 0.15) is 11.5 Å². The zero-order valence-electron chi connectivity index (χ0n) is 19.8. The summed E-state index contributed by atoms with van der Waals surface area (Å²) in [7, 11) is 4.81. The van der Waals surface area contributed by atoms with Crippen LogP contribution in [0.4, 0.5) is 18.9 Å². The molecule has 2 aromatic carbocycles. The Hall–Kier alpha value is -3.53. The Labute approximate surface area is 200 Å². The van der Waals surface area contributed by atoms with Crippen molar-refractivity contribution in [1.29, 1.82) is 0 Å². The van der Waals surface area contributed by atoms with Gasteiger partial charge in [0.25, 0.3) is 5.56 Å². The van der Waals surface area contributed by atoms with E-state index >= 15 is 0 Å². The fraction of sp³-hybridized carbons (Fsp3) is 0.360. The van der Waals surface area contributed by atoms with Crippen molar-refractivity contribution in [3.8, 4) is 28.4 Å². The fourth-order valence-electron chi connectivity index (χ4n) is 4.30. The second-order valence-electron chi connectivity index (χ2n) is 8.24. The predicted molar refractivity (Wildman–Crippen MR) is 128 cm³/mol. The molecule has 0 bridgehead atoms. The van der Waals surface area contributed by atoms with Crippen molar-refractivity contribution in [2.75, 3.05) is 39.7 Å². The lowest BCUT2D eigenvalue weighted by molar-refractivity contribution is -0.137. The number of nitrogens with one attached hydrogen (secondary N) is 2. The SMILES string of the molecule is CNCCNc1ccc(C(F)(F)F)c(-n2nc(-c3cc(OC)cc(OC)c3)c3c(c2=O)CCC3)c1. The summed E-state index contributed by atoms with van der Waals surface area (Å²) in [5, 5.41) is 10.5. The molecule has 1 aliphatic carbocycles. The summed E-state index contributed by atoms with van der Waals surface area (Å²) in [6, 6.07) is 8.82. The highest BCUT2D eigenvalue weighted by atomic mass is 19.4. The first-order valence-electron chi connectivity index (χ1n) is 11.3. The van der Waals surface area contributed by atoms with Crippen LogP contribution in [0.5, 0.6) is 11.5 Å². The minimum Gasteiger partial charge on any atom is -0.497 e. The Bertz CT molecular complexity index is 1270. The fourth-order valence-corrected chi connectivity index (χ4v) is 4.30. The maximum Gasteiger partial charge on any atom is 0.418 e. The highest BCUT2D eigenvalue weighted by molar-refractivity contribution is 5.69. The Morgan fingerprint density at radius 2 is 1.69 bits per heavy atom. The predicted octanol–water partition coefficient (Wildman–Crippen LogP) is 4.06. The van der Waals surface area contributed by atoms with Crippen LogP contribution < -0.4 is 25.7 Å². The van der Waals surface area contributed by atoms with E-state index in [-0.39, 0.29) is 5.69 Å². The van der Waals surface area contributed by atoms with Gasteiger partial charge in [-0.05, 0) is 62.2 Å². The molecular formula is C25H27F3N4O3. The van der Waals surface area contributed by atoms with E-state index in [9.17, 15) is 18.0 Å². The van der Waals surface area contributed by atoms with Crippen molar-refractivity contribution >= 4 is 5.69 Å². The standard InChI is InChI=1S/C25H27F3N4O3/c1-29-9-10-30-16-7-8-21(25(26,27)28)22(13-16)32-24(33)20-6-4-5-19(20)23(31-32)15-11-17(34-2)14-18(12-15)35-3/h7-8,11-14,29-30H,4-6,9-10H2,1-3H3. The number of methoxy groups -OCH3 is 2. The molecule has 1 aliphatic rings. The quantitative estimate of drug-likeness (QED) is 0.466. The maximum absolute atomic E-state index is 14.0. The minimum absolute atomic E-state index is 0.317. The number of hydrogen-bond acceptors (Lipinski definition) is 6. The van der Waals surface area contributed by atoms with Gasteiger partial charge >= 0.3 is 6.18 Å². The molecule has 0 amide bonds. The third-order valence-electron chi connectivity index (χ3n) is 6.01. The van der Waals surface area contributed by atoms with Gasteiger partial charge in [-0.15, -0.1) is 0 Å². The molecule has 2 N–H and O–H groups in total. The summed E-state index contributed by atoms with van der Waals surface area (Å²) in [5.74, 6) is 1.02. The molecule has 0 spiro atoms. The summed E-state index contributed by atoms with van der Waals surface area (Å²) in [6.07, 6.45) is -2.85. The Kier molecular flexibility index (Phi) is 7.02. The molecule has 1 heterocycles. The lowest BCUT2D eigenvalue weighted by Crippen LogP contribution is -2.28. The van der Waals surface area contributed by atoms with Gasteiger partial charge in [0.2, 0.25) is 0 Å². The average Bonchev–Trinajstić information content (AvgIpc) is 3.34. The smallest absolute Gasteiger partial charge is 0.418 e. The van der Waals surface area contributed by atoms with Crippen LogP contribution in [0.1, 0.15) is 23.1 Å². The summed E-state index contributed by atoms with van der Waals surface area (Å²) in [4.78, 5) is 13.4. The number of aromatic nitrogens is 2. The molecule has 0 aliphatic heterocycles. The largest absolute Gasteiger partial charge is 0.497 e. The number of rotatable bonds is 8. The highest BCUT2D eigenvalue weighted by Crippen LogP contribution is 2.37. The summed E-state index contributed by atoms with van der Waals surface area (Å²) < 4.78 is 53.6. The van der Waals surface area contributed by atoms with E-state index in [0.29, 0.717) is 59.9 Å². The summed E-state index contributed by atoms with van der Waals surface area (Å²) >= 11 is 0. The van der Waals surface area contributed by atoms with Gasteiger partial charge in [-0.2, -0.15) is 23.0 Å². The van der Waals surface area contributed by atoms with E-state index in [0.717, 1.165) is 22.7 Å². The van der Waals surface area contributed by atoms with Crippen molar-refractivity contribution in [3.05, 3.63) is 63.4 Å². The van der Waals surface area contributed by atoms with E-state index in [2.05, 4.69) is 15.7 Å². The van der Waals surface area contributed by atoms with Crippen LogP contribution >= 0.6 is 0 Å². The van der Waals surface area contributed by atoms with Crippen molar-refractivity contribution in [2.24, 2.45) is 0 Å². The Balaban J connectivity index is 1.95. The summed E-state index contributed by atoms with van der Waals surface area (Å²) in [6.45, 7) is 1.12. The molecule has 0 radical (unpaired) electrons. The number of anilines is 1. The van der Waals surface area contributed by atoms with Gasteiger partial charge < -0.3 is 20.1 Å². The summed E-state index contributed by atoms with van der Waals surface area (Å²) in [5.41, 5.74) is 0.954. The topological polar surface area (TPSA) is 77.4 Å². The number of halogens is 3. The van der Waals surface area contributed by atoms with Crippen molar-refractivity contribution in [2.45, 2.75) is 25.4 Å². The average molecular weight is 489 g/mol. The highest BCUT2D eigenvalue weighted by Gasteiger charge is 2.35. The Morgan fingerprint density at radius 3 is 2.31 bits per heavy atom. The zero-order valence-corrected chi connectivity index (χ0v) is 19.8. The molecule has 186 valence electrons. The van der Waals surface area contributed by atoms with Gasteiger partial charge in [0.15, 0.2) is 0 Å². The van der Waals surface area contributed by atoms with Crippen molar-refractivity contribution < 1.29 is 22.6 Å². The molecule has 0 unspecified atom stereocenters. The van der Waals surface area contributed by atoms with Crippen LogP contribution in [0, 0.1) is 0 Å². The van der Waals surface area contributed by atoms with Crippen LogP contribution in [0.25, 0.3) is 16.9 Å². The van der Waals surface area contributed by atoms with E-state index in [4.69, 9.17) is 9.47 Å². The number of alkyl halides is 3. The number of benzene rings is 2. The third-order valence-corrected chi connectivity index (χ3v) is 6.01. The number of nitrogens with zero attached hydrogens (tertiary/aromatic N) is 2. The van der Waals surface area contributed by atoms with E-state index < -0.39 is 17.3 Å². The second kappa shape index (κ2) is 9.99. The normalized spacial score (nSPS) is 13.0. The van der Waals surface area contributed by atoms with Gasteiger partial charge in [0, 0.05) is 36.0 Å². The second-order valence-corrected chi connectivity index (χ2v) is 8.24. The first-order chi connectivity index (χ1) is 16.8. The van der Waals surface area contributed by atoms with E-state index in [1.807, 2.05) is 0 Å². The van der Waals surface area contributed by atoms with Crippen LogP contribution in [-0.2, 0) is 19.0 Å². The lowest BCUT2D eigenvalue weighted by Gasteiger charge is -2.18. The van der Waals surface area contributed by atoms with Crippen molar-refractivity contribution in [1.82, 2.24) is 15.1 Å². The van der Waals surface area contributed by atoms with Crippen molar-refractivity contribution in [3.63, 3.8) is 0 Å². The first-order valence-corrected chi connectivity index (χ1v) is 11.3. The molecule has 10 heteroatoms. The number of ether oxygens (including phenoxy) is 2. The maximum atomic E-state index is 14.0. The molecule has 0 saturated carbocycles. The molecule has 0 atom stereocenters. The molecule has 35 heavy (non-hydrogen) atoms. The minimum atomic E-state index is -4.67. The lowest BCUT2D eigenvalue weighted by atomic mass is 10.0. The van der Waals surface area contributed by atoms with Crippen LogP contribution in [-0.4, -0.2) is 44.1 Å². The molecule has 1 aromatic heterocycles. The molecular weight excluding hydrogens is 461 g/mol.